The third kappa shape index (κ3) is 5.99. The molecule has 7 nitrogen and oxygen atoms in total. The number of hydrogen-bond acceptors (Lipinski definition) is 5. The number of allylic oxidation sites excluding steroid dienone is 6. The normalized spacial score (nSPS) is 18.6. The highest BCUT2D eigenvalue weighted by Crippen LogP contribution is 2.23. The minimum absolute atomic E-state index is 0.137. The molecule has 1 aromatic heterocycles. The number of carbonyl (C=O) groups is 1. The molecule has 2 N–H and O–H groups in total. The van der Waals surface area contributed by atoms with Gasteiger partial charge < -0.3 is 15.0 Å². The van der Waals surface area contributed by atoms with Crippen molar-refractivity contribution in [2.45, 2.75) is 25.3 Å². The molecule has 0 radical (unpaired) electrons. The minimum atomic E-state index is -0.164. The van der Waals surface area contributed by atoms with Gasteiger partial charge in [-0.2, -0.15) is 5.10 Å². The highest BCUT2D eigenvalue weighted by Gasteiger charge is 2.23. The monoisotopic (exact) mass is 457 g/mol. The standard InChI is InChI=1S/C27H31N5O2/c1-3-21(23-17-29-30-18-23)11-9-20-10-12-25(28-16-20)27(33)31-26(19-32-13-4-5-14-32)22-7-6-8-24(15-22)34-2/h3,6-9,11-12,15-18,26H,1,4-5,10,13-14,19H2,2H3,(H,29,30)(H,31,33)/b20-9+,21-11+. The Labute approximate surface area is 200 Å². The van der Waals surface area contributed by atoms with E-state index >= 15 is 0 Å². The maximum absolute atomic E-state index is 13.1. The van der Waals surface area contributed by atoms with Crippen LogP contribution in [0.1, 0.15) is 36.4 Å². The first-order chi connectivity index (χ1) is 16.7. The molecule has 4 rings (SSSR count). The van der Waals surface area contributed by atoms with Crippen molar-refractivity contribution in [3.8, 4) is 5.75 Å². The van der Waals surface area contributed by atoms with Gasteiger partial charge in [-0.05, 0) is 67.3 Å². The summed E-state index contributed by atoms with van der Waals surface area (Å²) in [7, 11) is 1.65. The van der Waals surface area contributed by atoms with Crippen LogP contribution in [0.25, 0.3) is 5.57 Å². The predicted octanol–water partition coefficient (Wildman–Crippen LogP) is 4.23. The average Bonchev–Trinajstić information content (AvgIpc) is 3.59. The van der Waals surface area contributed by atoms with Crippen LogP contribution in [0.15, 0.2) is 83.8 Å². The first kappa shape index (κ1) is 23.4. The summed E-state index contributed by atoms with van der Waals surface area (Å²) in [6.07, 6.45) is 16.0. The maximum atomic E-state index is 13.1. The number of methoxy groups -OCH3 is 1. The maximum Gasteiger partial charge on any atom is 0.270 e. The number of aromatic amines is 1. The van der Waals surface area contributed by atoms with E-state index in [1.807, 2.05) is 48.7 Å². The molecule has 2 aromatic rings. The van der Waals surface area contributed by atoms with Gasteiger partial charge in [0.1, 0.15) is 11.4 Å². The zero-order valence-corrected chi connectivity index (χ0v) is 19.5. The SMILES string of the molecule is C=C/C(=C\C=C1\C=NC(C(=O)NC(CN2CCCC2)c2cccc(OC)c2)=CC1)c1cn[nH]c1. The van der Waals surface area contributed by atoms with Crippen LogP contribution in [0.3, 0.4) is 0 Å². The molecular weight excluding hydrogens is 426 g/mol. The van der Waals surface area contributed by atoms with Crippen LogP contribution in [-0.2, 0) is 4.79 Å². The van der Waals surface area contributed by atoms with E-state index < -0.39 is 0 Å². The summed E-state index contributed by atoms with van der Waals surface area (Å²) < 4.78 is 5.40. The van der Waals surface area contributed by atoms with Crippen molar-refractivity contribution in [3.63, 3.8) is 0 Å². The second-order valence-electron chi connectivity index (χ2n) is 8.42. The van der Waals surface area contributed by atoms with E-state index in [9.17, 15) is 4.79 Å². The summed E-state index contributed by atoms with van der Waals surface area (Å²) in [5.74, 6) is 0.619. The molecule has 1 saturated heterocycles. The zero-order valence-electron chi connectivity index (χ0n) is 19.5. The Hall–Kier alpha value is -3.71. The van der Waals surface area contributed by atoms with Gasteiger partial charge in [-0.15, -0.1) is 0 Å². The van der Waals surface area contributed by atoms with E-state index in [4.69, 9.17) is 4.74 Å². The van der Waals surface area contributed by atoms with Gasteiger partial charge in [0.15, 0.2) is 0 Å². The van der Waals surface area contributed by atoms with Crippen LogP contribution in [0, 0.1) is 0 Å². The lowest BCUT2D eigenvalue weighted by atomic mass is 10.0. The molecule has 1 aromatic carbocycles. The summed E-state index contributed by atoms with van der Waals surface area (Å²) in [5.41, 5.74) is 4.42. The fraction of sp³-hybridized carbons (Fsp3) is 0.296. The number of H-pyrrole nitrogens is 1. The van der Waals surface area contributed by atoms with Crippen molar-refractivity contribution in [2.75, 3.05) is 26.7 Å². The highest BCUT2D eigenvalue weighted by atomic mass is 16.5. The molecule has 1 fully saturated rings. The van der Waals surface area contributed by atoms with Gasteiger partial charge in [0.05, 0.1) is 19.3 Å². The third-order valence-corrected chi connectivity index (χ3v) is 6.10. The second-order valence-corrected chi connectivity index (χ2v) is 8.42. The number of rotatable bonds is 9. The summed E-state index contributed by atoms with van der Waals surface area (Å²) in [6.45, 7) is 6.75. The van der Waals surface area contributed by atoms with Crippen LogP contribution < -0.4 is 10.1 Å². The lowest BCUT2D eigenvalue weighted by molar-refractivity contribution is -0.118. The number of amides is 1. The van der Waals surface area contributed by atoms with Crippen LogP contribution in [-0.4, -0.2) is 54.0 Å². The number of likely N-dealkylation sites (tertiary alicyclic amines) is 1. The molecule has 7 heteroatoms. The first-order valence-electron chi connectivity index (χ1n) is 11.6. The third-order valence-electron chi connectivity index (χ3n) is 6.10. The van der Waals surface area contributed by atoms with Gasteiger partial charge in [-0.25, -0.2) is 0 Å². The van der Waals surface area contributed by atoms with E-state index in [0.717, 1.165) is 47.7 Å². The molecular formula is C27H31N5O2. The summed E-state index contributed by atoms with van der Waals surface area (Å²) in [5, 5.41) is 9.99. The Kier molecular flexibility index (Phi) is 7.88. The number of benzene rings is 1. The van der Waals surface area contributed by atoms with Gasteiger partial charge in [-0.3, -0.25) is 14.9 Å². The molecule has 0 aliphatic carbocycles. The molecule has 2 aliphatic heterocycles. The molecule has 176 valence electrons. The predicted molar refractivity (Wildman–Crippen MR) is 136 cm³/mol. The lowest BCUT2D eigenvalue weighted by Gasteiger charge is -2.25. The largest absolute Gasteiger partial charge is 0.497 e. The summed E-state index contributed by atoms with van der Waals surface area (Å²) in [4.78, 5) is 19.9. The van der Waals surface area contributed by atoms with Crippen molar-refractivity contribution < 1.29 is 9.53 Å². The Balaban J connectivity index is 1.44. The number of ether oxygens (including phenoxy) is 1. The molecule has 1 atom stereocenters. The highest BCUT2D eigenvalue weighted by molar-refractivity contribution is 5.97. The van der Waals surface area contributed by atoms with Gasteiger partial charge in [0.25, 0.3) is 5.91 Å². The number of hydrogen-bond donors (Lipinski definition) is 2. The molecule has 0 saturated carbocycles. The van der Waals surface area contributed by atoms with E-state index in [-0.39, 0.29) is 11.9 Å². The molecule has 2 aliphatic rings. The van der Waals surface area contributed by atoms with Crippen LogP contribution in [0.4, 0.5) is 0 Å². The van der Waals surface area contributed by atoms with Gasteiger partial charge >= 0.3 is 0 Å². The van der Waals surface area contributed by atoms with Gasteiger partial charge in [0.2, 0.25) is 0 Å². The number of carbonyl (C=O) groups excluding carboxylic acids is 1. The molecule has 1 amide bonds. The number of aliphatic imine (C=N–C) groups is 1. The van der Waals surface area contributed by atoms with E-state index in [0.29, 0.717) is 12.1 Å². The van der Waals surface area contributed by atoms with Crippen LogP contribution in [0.5, 0.6) is 5.75 Å². The smallest absolute Gasteiger partial charge is 0.270 e. The number of nitrogens with zero attached hydrogens (tertiary/aromatic N) is 3. The van der Waals surface area contributed by atoms with Crippen molar-refractivity contribution in [3.05, 3.63) is 89.9 Å². The fourth-order valence-corrected chi connectivity index (χ4v) is 4.17. The van der Waals surface area contributed by atoms with Gasteiger partial charge in [-0.1, -0.05) is 36.9 Å². The quantitative estimate of drug-likeness (QED) is 0.552. The first-order valence-corrected chi connectivity index (χ1v) is 11.6. The fourth-order valence-electron chi connectivity index (χ4n) is 4.17. The molecule has 0 spiro atoms. The van der Waals surface area contributed by atoms with E-state index in [2.05, 4.69) is 32.0 Å². The van der Waals surface area contributed by atoms with E-state index in [1.54, 1.807) is 25.6 Å². The molecule has 34 heavy (non-hydrogen) atoms. The van der Waals surface area contributed by atoms with Crippen molar-refractivity contribution >= 4 is 17.7 Å². The Morgan fingerprint density at radius 3 is 2.88 bits per heavy atom. The molecule has 1 unspecified atom stereocenters. The Morgan fingerprint density at radius 1 is 1.35 bits per heavy atom. The Morgan fingerprint density at radius 2 is 2.21 bits per heavy atom. The van der Waals surface area contributed by atoms with Gasteiger partial charge in [0, 0.05) is 24.5 Å². The second kappa shape index (κ2) is 11.4. The van der Waals surface area contributed by atoms with E-state index in [1.165, 1.54) is 12.8 Å². The molecule has 3 heterocycles. The minimum Gasteiger partial charge on any atom is -0.497 e. The Bertz CT molecular complexity index is 1120. The van der Waals surface area contributed by atoms with Crippen molar-refractivity contribution in [1.82, 2.24) is 20.4 Å². The summed E-state index contributed by atoms with van der Waals surface area (Å²) in [6, 6.07) is 7.76. The van der Waals surface area contributed by atoms with Crippen LogP contribution in [0.2, 0.25) is 0 Å². The zero-order chi connectivity index (χ0) is 23.8. The number of aromatic nitrogens is 2. The lowest BCUT2D eigenvalue weighted by Crippen LogP contribution is -2.37. The average molecular weight is 458 g/mol. The topological polar surface area (TPSA) is 82.6 Å². The van der Waals surface area contributed by atoms with Crippen LogP contribution >= 0.6 is 0 Å². The number of nitrogens with one attached hydrogen (secondary N) is 2. The van der Waals surface area contributed by atoms with Crippen molar-refractivity contribution in [2.24, 2.45) is 4.99 Å². The summed E-state index contributed by atoms with van der Waals surface area (Å²) >= 11 is 0. The van der Waals surface area contributed by atoms with Crippen molar-refractivity contribution in [1.29, 1.82) is 0 Å². The molecule has 0 bridgehead atoms.